The number of hydrogen-bond acceptors (Lipinski definition) is 2. The van der Waals surface area contributed by atoms with Gasteiger partial charge >= 0.3 is 0 Å². The summed E-state index contributed by atoms with van der Waals surface area (Å²) in [5.41, 5.74) is 9.18. The molecular weight excluding hydrogens is 293 g/mol. The second-order valence-corrected chi connectivity index (χ2v) is 6.98. The van der Waals surface area contributed by atoms with Crippen molar-refractivity contribution in [1.82, 2.24) is 0 Å². The predicted molar refractivity (Wildman–Crippen MR) is 83.1 cm³/mol. The molecule has 0 amide bonds. The number of aryl methyl sites for hydroxylation is 3. The zero-order chi connectivity index (χ0) is 14.3. The van der Waals surface area contributed by atoms with Crippen molar-refractivity contribution in [2.75, 3.05) is 0 Å². The summed E-state index contributed by atoms with van der Waals surface area (Å²) in [6.45, 7) is 1.74. The van der Waals surface area contributed by atoms with Gasteiger partial charge in [0, 0.05) is 14.8 Å². The summed E-state index contributed by atoms with van der Waals surface area (Å²) in [5.74, 6) is -0.281. The third-order valence-corrected chi connectivity index (χ3v) is 5.58. The van der Waals surface area contributed by atoms with Crippen LogP contribution in [0.15, 0.2) is 18.2 Å². The van der Waals surface area contributed by atoms with Crippen LogP contribution in [0.25, 0.3) is 0 Å². The molecule has 1 aliphatic carbocycles. The van der Waals surface area contributed by atoms with Crippen LogP contribution in [0.2, 0.25) is 5.02 Å². The average molecular weight is 310 g/mol. The summed E-state index contributed by atoms with van der Waals surface area (Å²) in [6.07, 6.45) is 4.82. The molecule has 3 rings (SSSR count). The normalized spacial score (nSPS) is 16.0. The van der Waals surface area contributed by atoms with Gasteiger partial charge in [0.25, 0.3) is 0 Å². The fourth-order valence-corrected chi connectivity index (χ4v) is 4.28. The Kier molecular flexibility index (Phi) is 3.85. The molecule has 1 aliphatic rings. The van der Waals surface area contributed by atoms with E-state index in [0.717, 1.165) is 23.3 Å². The second-order valence-electron chi connectivity index (χ2n) is 5.40. The van der Waals surface area contributed by atoms with Crippen molar-refractivity contribution in [2.24, 2.45) is 5.73 Å². The van der Waals surface area contributed by atoms with E-state index in [1.807, 2.05) is 0 Å². The van der Waals surface area contributed by atoms with E-state index in [2.05, 4.69) is 6.07 Å². The minimum absolute atomic E-state index is 0.266. The molecule has 0 fully saturated rings. The Labute approximate surface area is 127 Å². The molecule has 1 unspecified atom stereocenters. The Morgan fingerprint density at radius 1 is 1.25 bits per heavy atom. The molecule has 1 atom stereocenters. The van der Waals surface area contributed by atoms with E-state index < -0.39 is 0 Å². The Balaban J connectivity index is 1.98. The maximum absolute atomic E-state index is 13.5. The van der Waals surface area contributed by atoms with Crippen molar-refractivity contribution < 1.29 is 4.39 Å². The van der Waals surface area contributed by atoms with Gasteiger partial charge in [-0.15, -0.1) is 11.3 Å². The van der Waals surface area contributed by atoms with Crippen LogP contribution in [0, 0.1) is 12.7 Å². The van der Waals surface area contributed by atoms with Gasteiger partial charge in [0.2, 0.25) is 0 Å². The Hall–Kier alpha value is -0.900. The van der Waals surface area contributed by atoms with Crippen LogP contribution in [0.5, 0.6) is 0 Å². The summed E-state index contributed by atoms with van der Waals surface area (Å²) >= 11 is 7.94. The molecule has 106 valence electrons. The zero-order valence-electron chi connectivity index (χ0n) is 11.4. The maximum atomic E-state index is 13.5. The lowest BCUT2D eigenvalue weighted by molar-refractivity contribution is 0.617. The summed E-state index contributed by atoms with van der Waals surface area (Å²) in [6, 6.07) is 5.07. The van der Waals surface area contributed by atoms with Crippen molar-refractivity contribution in [2.45, 2.75) is 38.6 Å². The lowest BCUT2D eigenvalue weighted by Gasteiger charge is -2.13. The Morgan fingerprint density at radius 2 is 2.00 bits per heavy atom. The molecule has 20 heavy (non-hydrogen) atoms. The quantitative estimate of drug-likeness (QED) is 0.849. The fraction of sp³-hybridized carbons (Fsp3) is 0.375. The van der Waals surface area contributed by atoms with Crippen LogP contribution in [0.1, 0.15) is 45.3 Å². The fourth-order valence-electron chi connectivity index (χ4n) is 2.74. The Morgan fingerprint density at radius 3 is 2.75 bits per heavy atom. The van der Waals surface area contributed by atoms with E-state index in [0.29, 0.717) is 10.6 Å². The molecule has 1 aromatic heterocycles. The smallest absolute Gasteiger partial charge is 0.127 e. The zero-order valence-corrected chi connectivity index (χ0v) is 13.0. The molecule has 0 aliphatic heterocycles. The van der Waals surface area contributed by atoms with Gasteiger partial charge in [0.05, 0.1) is 6.04 Å². The van der Waals surface area contributed by atoms with Crippen molar-refractivity contribution in [3.05, 3.63) is 55.5 Å². The summed E-state index contributed by atoms with van der Waals surface area (Å²) in [5, 5.41) is 0.409. The number of fused-ring (bicyclic) bond motifs is 1. The monoisotopic (exact) mass is 309 g/mol. The Bertz CT molecular complexity index is 627. The van der Waals surface area contributed by atoms with E-state index >= 15 is 0 Å². The lowest BCUT2D eigenvalue weighted by atomic mass is 9.97. The topological polar surface area (TPSA) is 26.0 Å². The highest BCUT2D eigenvalue weighted by atomic mass is 35.5. The van der Waals surface area contributed by atoms with Crippen LogP contribution < -0.4 is 5.73 Å². The van der Waals surface area contributed by atoms with Crippen LogP contribution >= 0.6 is 22.9 Å². The summed E-state index contributed by atoms with van der Waals surface area (Å²) in [7, 11) is 0. The second kappa shape index (κ2) is 5.47. The van der Waals surface area contributed by atoms with Gasteiger partial charge < -0.3 is 5.73 Å². The van der Waals surface area contributed by atoms with Gasteiger partial charge in [0.1, 0.15) is 5.82 Å². The van der Waals surface area contributed by atoms with Gasteiger partial charge in [-0.05, 0) is 67.5 Å². The molecular formula is C16H17ClFNS. The minimum atomic E-state index is -0.281. The average Bonchev–Trinajstić information content (AvgIpc) is 2.86. The van der Waals surface area contributed by atoms with Crippen molar-refractivity contribution in [3.8, 4) is 0 Å². The number of thiophene rings is 1. The van der Waals surface area contributed by atoms with E-state index in [9.17, 15) is 4.39 Å². The van der Waals surface area contributed by atoms with Gasteiger partial charge in [-0.25, -0.2) is 4.39 Å². The minimum Gasteiger partial charge on any atom is -0.320 e. The number of halogens is 2. The van der Waals surface area contributed by atoms with Gasteiger partial charge in [-0.3, -0.25) is 0 Å². The number of benzene rings is 1. The highest BCUT2D eigenvalue weighted by molar-refractivity contribution is 7.12. The summed E-state index contributed by atoms with van der Waals surface area (Å²) < 4.78 is 13.5. The van der Waals surface area contributed by atoms with Crippen molar-refractivity contribution in [3.63, 3.8) is 0 Å². The number of hydrogen-bond donors (Lipinski definition) is 1. The van der Waals surface area contributed by atoms with E-state index in [4.69, 9.17) is 17.3 Å². The first-order valence-corrected chi connectivity index (χ1v) is 8.08. The van der Waals surface area contributed by atoms with E-state index in [-0.39, 0.29) is 11.9 Å². The van der Waals surface area contributed by atoms with Gasteiger partial charge in [0.15, 0.2) is 0 Å². The number of rotatable bonds is 2. The van der Waals surface area contributed by atoms with Crippen LogP contribution in [-0.2, 0) is 12.8 Å². The molecule has 1 nitrogen and oxygen atoms in total. The van der Waals surface area contributed by atoms with Crippen LogP contribution in [0.3, 0.4) is 0 Å². The predicted octanol–water partition coefficient (Wildman–Crippen LogP) is 4.78. The number of nitrogens with two attached hydrogens (primary N) is 1. The highest BCUT2D eigenvalue weighted by Gasteiger charge is 2.20. The molecule has 2 aromatic rings. The molecule has 1 heterocycles. The van der Waals surface area contributed by atoms with Gasteiger partial charge in [-0.2, -0.15) is 0 Å². The summed E-state index contributed by atoms with van der Waals surface area (Å²) in [4.78, 5) is 2.58. The van der Waals surface area contributed by atoms with E-state index in [1.54, 1.807) is 24.3 Å². The molecule has 0 spiro atoms. The first kappa shape index (κ1) is 14.1. The first-order chi connectivity index (χ1) is 9.56. The molecule has 2 N–H and O–H groups in total. The van der Waals surface area contributed by atoms with Gasteiger partial charge in [-0.1, -0.05) is 11.6 Å². The third-order valence-electron chi connectivity index (χ3n) is 3.94. The van der Waals surface area contributed by atoms with Crippen molar-refractivity contribution in [1.29, 1.82) is 0 Å². The maximum Gasteiger partial charge on any atom is 0.127 e. The largest absolute Gasteiger partial charge is 0.320 e. The standard InChI is InChI=1S/C16H17ClFNS/c1-9-6-11(12(17)8-13(9)18)16(19)15-7-10-4-2-3-5-14(10)20-15/h6-8,16H,2-5,19H2,1H3. The molecule has 0 bridgehead atoms. The first-order valence-electron chi connectivity index (χ1n) is 6.89. The van der Waals surface area contributed by atoms with Crippen molar-refractivity contribution >= 4 is 22.9 Å². The highest BCUT2D eigenvalue weighted by Crippen LogP contribution is 2.36. The SMILES string of the molecule is Cc1cc(C(N)c2cc3c(s2)CCCC3)c(Cl)cc1F. The van der Waals surface area contributed by atoms with E-state index in [1.165, 1.54) is 29.3 Å². The third kappa shape index (κ3) is 2.50. The molecule has 4 heteroatoms. The molecule has 0 saturated heterocycles. The molecule has 0 radical (unpaired) electrons. The molecule has 0 saturated carbocycles. The van der Waals surface area contributed by atoms with Crippen LogP contribution in [-0.4, -0.2) is 0 Å². The molecule has 1 aromatic carbocycles. The lowest BCUT2D eigenvalue weighted by Crippen LogP contribution is -2.11. The van der Waals surface area contributed by atoms with Crippen LogP contribution in [0.4, 0.5) is 4.39 Å².